The number of nitrogens with zero attached hydrogens (tertiary/aromatic N) is 1. The van der Waals surface area contributed by atoms with Crippen LogP contribution in [0.1, 0.15) is 38.5 Å². The second-order valence-corrected chi connectivity index (χ2v) is 4.38. The van der Waals surface area contributed by atoms with E-state index in [1.807, 2.05) is 6.08 Å². The molecule has 0 amide bonds. The molecule has 0 spiro atoms. The van der Waals surface area contributed by atoms with Crippen molar-refractivity contribution in [1.82, 2.24) is 10.3 Å². The minimum Gasteiger partial charge on any atom is -0.309 e. The van der Waals surface area contributed by atoms with Crippen molar-refractivity contribution in [2.24, 2.45) is 5.84 Å². The van der Waals surface area contributed by atoms with Gasteiger partial charge in [-0.25, -0.2) is 0 Å². The Labute approximate surface area is 94.7 Å². The normalized spacial score (nSPS) is 13.1. The highest BCUT2D eigenvalue weighted by Crippen LogP contribution is 2.08. The molecule has 0 heterocycles. The van der Waals surface area contributed by atoms with Gasteiger partial charge < -0.3 is 4.90 Å². The quantitative estimate of drug-likeness (QED) is 0.252. The second-order valence-electron chi connectivity index (χ2n) is 4.38. The summed E-state index contributed by atoms with van der Waals surface area (Å²) >= 11 is 0. The Morgan fingerprint density at radius 2 is 2.00 bits per heavy atom. The van der Waals surface area contributed by atoms with Crippen LogP contribution in [-0.4, -0.2) is 31.6 Å². The lowest BCUT2D eigenvalue weighted by molar-refractivity contribution is 0.346. The molecule has 3 N–H and O–H groups in total. The van der Waals surface area contributed by atoms with E-state index in [9.17, 15) is 0 Å². The zero-order chi connectivity index (χ0) is 11.5. The number of unbranched alkanes of at least 4 members (excludes halogenated alkanes) is 3. The van der Waals surface area contributed by atoms with Gasteiger partial charge in [-0.05, 0) is 46.3 Å². The number of hydrogen-bond acceptors (Lipinski definition) is 3. The van der Waals surface area contributed by atoms with Gasteiger partial charge in [-0.3, -0.25) is 11.3 Å². The predicted molar refractivity (Wildman–Crippen MR) is 67.6 cm³/mol. The second kappa shape index (κ2) is 10.1. The van der Waals surface area contributed by atoms with E-state index in [4.69, 9.17) is 5.84 Å². The van der Waals surface area contributed by atoms with Gasteiger partial charge in [0.25, 0.3) is 0 Å². The molecule has 3 heteroatoms. The van der Waals surface area contributed by atoms with Crippen LogP contribution in [0.2, 0.25) is 0 Å². The lowest BCUT2D eigenvalue weighted by Crippen LogP contribution is -2.37. The van der Waals surface area contributed by atoms with E-state index in [0.717, 1.165) is 19.4 Å². The predicted octanol–water partition coefficient (Wildman–Crippen LogP) is 1.91. The van der Waals surface area contributed by atoms with Crippen LogP contribution in [0, 0.1) is 0 Å². The molecule has 90 valence electrons. The molecule has 3 nitrogen and oxygen atoms in total. The maximum Gasteiger partial charge on any atom is 0.0222 e. The molecule has 0 rings (SSSR count). The number of nitrogens with two attached hydrogens (primary N) is 1. The van der Waals surface area contributed by atoms with E-state index >= 15 is 0 Å². The first-order chi connectivity index (χ1) is 7.20. The van der Waals surface area contributed by atoms with E-state index in [1.54, 1.807) is 0 Å². The third-order valence-corrected chi connectivity index (χ3v) is 2.62. The van der Waals surface area contributed by atoms with Crippen LogP contribution in [0.25, 0.3) is 0 Å². The first kappa shape index (κ1) is 14.6. The van der Waals surface area contributed by atoms with E-state index in [-0.39, 0.29) is 0 Å². The van der Waals surface area contributed by atoms with Gasteiger partial charge >= 0.3 is 0 Å². The van der Waals surface area contributed by atoms with Crippen LogP contribution in [-0.2, 0) is 0 Å². The topological polar surface area (TPSA) is 41.3 Å². The minimum absolute atomic E-state index is 0.469. The van der Waals surface area contributed by atoms with Gasteiger partial charge in [-0.1, -0.05) is 18.9 Å². The maximum absolute atomic E-state index is 5.52. The summed E-state index contributed by atoms with van der Waals surface area (Å²) in [6, 6.07) is 0.469. The van der Waals surface area contributed by atoms with Crippen molar-refractivity contribution < 1.29 is 0 Å². The van der Waals surface area contributed by atoms with Gasteiger partial charge in [0.15, 0.2) is 0 Å². The molecule has 0 fully saturated rings. The average molecular weight is 213 g/mol. The first-order valence-corrected chi connectivity index (χ1v) is 5.92. The highest BCUT2D eigenvalue weighted by atomic mass is 15.2. The Kier molecular flexibility index (Phi) is 9.89. The Morgan fingerprint density at radius 1 is 1.27 bits per heavy atom. The fourth-order valence-electron chi connectivity index (χ4n) is 1.58. The average Bonchev–Trinajstić information content (AvgIpc) is 2.22. The molecule has 0 bridgehead atoms. The van der Waals surface area contributed by atoms with Gasteiger partial charge in [0.05, 0.1) is 0 Å². The highest BCUT2D eigenvalue weighted by Gasteiger charge is 2.05. The molecule has 0 aromatic heterocycles. The summed E-state index contributed by atoms with van der Waals surface area (Å²) in [7, 11) is 4.19. The molecule has 1 unspecified atom stereocenters. The molecule has 0 aromatic carbocycles. The van der Waals surface area contributed by atoms with Crippen molar-refractivity contribution in [3.05, 3.63) is 12.7 Å². The number of hydrazine groups is 1. The monoisotopic (exact) mass is 213 g/mol. The van der Waals surface area contributed by atoms with Crippen LogP contribution in [0.15, 0.2) is 12.7 Å². The van der Waals surface area contributed by atoms with Crippen molar-refractivity contribution in [1.29, 1.82) is 0 Å². The molecular weight excluding hydrogens is 186 g/mol. The molecule has 15 heavy (non-hydrogen) atoms. The van der Waals surface area contributed by atoms with Crippen LogP contribution in [0.3, 0.4) is 0 Å². The summed E-state index contributed by atoms with van der Waals surface area (Å²) in [6.45, 7) is 4.82. The summed E-state index contributed by atoms with van der Waals surface area (Å²) in [5.74, 6) is 5.52. The van der Waals surface area contributed by atoms with E-state index < -0.39 is 0 Å². The summed E-state index contributed by atoms with van der Waals surface area (Å²) in [5.41, 5.74) is 2.90. The summed E-state index contributed by atoms with van der Waals surface area (Å²) in [6.07, 6.45) is 9.24. The van der Waals surface area contributed by atoms with E-state index in [1.165, 1.54) is 25.7 Å². The lowest BCUT2D eigenvalue weighted by Gasteiger charge is -2.18. The summed E-state index contributed by atoms with van der Waals surface area (Å²) < 4.78 is 0. The zero-order valence-corrected chi connectivity index (χ0v) is 10.3. The van der Waals surface area contributed by atoms with Gasteiger partial charge in [0.2, 0.25) is 0 Å². The molecule has 0 saturated heterocycles. The minimum atomic E-state index is 0.469. The van der Waals surface area contributed by atoms with Crippen molar-refractivity contribution in [2.45, 2.75) is 44.6 Å². The van der Waals surface area contributed by atoms with Gasteiger partial charge in [0.1, 0.15) is 0 Å². The molecule has 0 aliphatic heterocycles. The first-order valence-electron chi connectivity index (χ1n) is 5.92. The third-order valence-electron chi connectivity index (χ3n) is 2.62. The maximum atomic E-state index is 5.52. The Balaban J connectivity index is 3.39. The smallest absolute Gasteiger partial charge is 0.0222 e. The lowest BCUT2D eigenvalue weighted by atomic mass is 10.0. The van der Waals surface area contributed by atoms with Crippen LogP contribution >= 0.6 is 0 Å². The zero-order valence-electron chi connectivity index (χ0n) is 10.3. The Hall–Kier alpha value is -0.380. The van der Waals surface area contributed by atoms with Crippen molar-refractivity contribution in [3.8, 4) is 0 Å². The van der Waals surface area contributed by atoms with E-state index in [2.05, 4.69) is 31.0 Å². The van der Waals surface area contributed by atoms with Gasteiger partial charge in [-0.15, -0.1) is 6.58 Å². The van der Waals surface area contributed by atoms with Crippen LogP contribution in [0.5, 0.6) is 0 Å². The van der Waals surface area contributed by atoms with Crippen molar-refractivity contribution in [2.75, 3.05) is 20.6 Å². The largest absolute Gasteiger partial charge is 0.309 e. The van der Waals surface area contributed by atoms with Gasteiger partial charge in [0, 0.05) is 6.04 Å². The fourth-order valence-corrected chi connectivity index (χ4v) is 1.58. The number of rotatable bonds is 10. The van der Waals surface area contributed by atoms with Crippen molar-refractivity contribution in [3.63, 3.8) is 0 Å². The molecule has 0 aromatic rings. The van der Waals surface area contributed by atoms with Crippen LogP contribution in [0.4, 0.5) is 0 Å². The molecule has 0 aliphatic rings. The molecule has 0 aliphatic carbocycles. The number of nitrogens with one attached hydrogen (secondary N) is 1. The summed E-state index contributed by atoms with van der Waals surface area (Å²) in [5, 5.41) is 0. The summed E-state index contributed by atoms with van der Waals surface area (Å²) in [4.78, 5) is 2.20. The number of allylic oxidation sites excluding steroid dienone is 1. The molecule has 0 saturated carbocycles. The van der Waals surface area contributed by atoms with Crippen LogP contribution < -0.4 is 11.3 Å². The van der Waals surface area contributed by atoms with Crippen molar-refractivity contribution >= 4 is 0 Å². The Bertz CT molecular complexity index is 146. The standard InChI is InChI=1S/C12H27N3/c1-4-5-6-7-8-9-12(14-13)10-11-15(2)3/h4,12,14H,1,5-11,13H2,2-3H3. The molecule has 0 radical (unpaired) electrons. The SMILES string of the molecule is C=CCCCCCC(CCN(C)C)NN. The number of hydrogen-bond donors (Lipinski definition) is 2. The fraction of sp³-hybridized carbons (Fsp3) is 0.833. The Morgan fingerprint density at radius 3 is 2.53 bits per heavy atom. The van der Waals surface area contributed by atoms with Gasteiger partial charge in [-0.2, -0.15) is 0 Å². The molecule has 1 atom stereocenters. The highest BCUT2D eigenvalue weighted by molar-refractivity contribution is 4.68. The van der Waals surface area contributed by atoms with E-state index in [0.29, 0.717) is 6.04 Å². The molecular formula is C12H27N3. The third kappa shape index (κ3) is 9.91.